The van der Waals surface area contributed by atoms with Gasteiger partial charge in [-0.05, 0) is 36.6 Å². The van der Waals surface area contributed by atoms with E-state index >= 15 is 0 Å². The van der Waals surface area contributed by atoms with E-state index in [0.29, 0.717) is 46.4 Å². The van der Waals surface area contributed by atoms with Crippen molar-refractivity contribution < 1.29 is 19.5 Å². The second-order valence-corrected chi connectivity index (χ2v) is 7.78. The highest BCUT2D eigenvalue weighted by molar-refractivity contribution is 6.39. The molecule has 1 heterocycles. The predicted molar refractivity (Wildman–Crippen MR) is 122 cm³/mol. The Balaban J connectivity index is 0.000000245. The fraction of sp³-hybridized carbons (Fsp3) is 0.318. The van der Waals surface area contributed by atoms with Crippen molar-refractivity contribution in [2.24, 2.45) is 5.73 Å². The minimum Gasteiger partial charge on any atom is -0.481 e. The van der Waals surface area contributed by atoms with Crippen LogP contribution < -0.4 is 11.1 Å². The minimum absolute atomic E-state index is 0.0562. The van der Waals surface area contributed by atoms with Gasteiger partial charge in [-0.15, -0.1) is 0 Å². The van der Waals surface area contributed by atoms with Crippen molar-refractivity contribution in [1.82, 2.24) is 4.90 Å². The van der Waals surface area contributed by atoms with E-state index in [0.717, 1.165) is 6.42 Å². The summed E-state index contributed by atoms with van der Waals surface area (Å²) >= 11 is 12.1. The maximum Gasteiger partial charge on any atom is 0.307 e. The molecule has 2 aromatic carbocycles. The number of nitrogens with one attached hydrogen (secondary N) is 1. The molecule has 31 heavy (non-hydrogen) atoms. The first-order chi connectivity index (χ1) is 14.7. The fourth-order valence-corrected chi connectivity index (χ4v) is 3.78. The number of carbonyl (C=O) groups excluding carboxylic acids is 2. The van der Waals surface area contributed by atoms with Gasteiger partial charge in [0.15, 0.2) is 0 Å². The predicted octanol–water partition coefficient (Wildman–Crippen LogP) is 4.24. The Morgan fingerprint density at radius 3 is 2.32 bits per heavy atom. The summed E-state index contributed by atoms with van der Waals surface area (Å²) in [5.41, 5.74) is 7.08. The molecule has 1 aliphatic rings. The van der Waals surface area contributed by atoms with Crippen LogP contribution in [0.4, 0.5) is 11.4 Å². The Kier molecular flexibility index (Phi) is 9.15. The third-order valence-electron chi connectivity index (χ3n) is 4.78. The lowest BCUT2D eigenvalue weighted by molar-refractivity contribution is -0.136. The van der Waals surface area contributed by atoms with Crippen molar-refractivity contribution >= 4 is 52.4 Å². The van der Waals surface area contributed by atoms with E-state index in [9.17, 15) is 14.4 Å². The standard InChI is InChI=1S/C14H11Cl2NO2.C8H14N2O2/c15-10-5-3-6-11(16)14(10)17-12-7-2-1-4-9(12)8-13(18)19;1-2-6(8(9)12)10-5-3-4-7(10)11/h1-7,17H,8H2,(H,18,19);6H,2-5H2,1H3,(H2,9,12)/t;6-/m.0/s1. The molecule has 0 aliphatic carbocycles. The minimum atomic E-state index is -0.889. The molecule has 0 aromatic heterocycles. The van der Waals surface area contributed by atoms with Gasteiger partial charge in [0.1, 0.15) is 6.04 Å². The van der Waals surface area contributed by atoms with Crippen LogP contribution in [0.25, 0.3) is 0 Å². The van der Waals surface area contributed by atoms with E-state index < -0.39 is 11.9 Å². The lowest BCUT2D eigenvalue weighted by Gasteiger charge is -2.23. The molecule has 0 unspecified atom stereocenters. The zero-order valence-electron chi connectivity index (χ0n) is 17.1. The summed E-state index contributed by atoms with van der Waals surface area (Å²) in [5, 5.41) is 12.9. The van der Waals surface area contributed by atoms with E-state index in [4.69, 9.17) is 34.0 Å². The Morgan fingerprint density at radius 2 is 1.81 bits per heavy atom. The third kappa shape index (κ3) is 6.87. The molecular formula is C22H25Cl2N3O4. The summed E-state index contributed by atoms with van der Waals surface area (Å²) < 4.78 is 0. The number of hydrogen-bond donors (Lipinski definition) is 3. The van der Waals surface area contributed by atoms with Crippen LogP contribution in [-0.2, 0) is 20.8 Å². The second-order valence-electron chi connectivity index (χ2n) is 6.97. The van der Waals surface area contributed by atoms with E-state index in [1.807, 2.05) is 13.0 Å². The van der Waals surface area contributed by atoms with E-state index in [2.05, 4.69) is 5.32 Å². The van der Waals surface area contributed by atoms with Gasteiger partial charge in [0.05, 0.1) is 22.2 Å². The van der Waals surface area contributed by atoms with Gasteiger partial charge in [0.2, 0.25) is 11.8 Å². The van der Waals surface area contributed by atoms with Crippen molar-refractivity contribution in [3.05, 3.63) is 58.1 Å². The number of halogens is 2. The molecule has 1 fully saturated rings. The van der Waals surface area contributed by atoms with Gasteiger partial charge < -0.3 is 21.1 Å². The molecule has 1 aliphatic heterocycles. The third-order valence-corrected chi connectivity index (χ3v) is 5.41. The molecule has 7 nitrogen and oxygen atoms in total. The van der Waals surface area contributed by atoms with Gasteiger partial charge in [0.25, 0.3) is 0 Å². The van der Waals surface area contributed by atoms with Crippen LogP contribution in [0.2, 0.25) is 10.0 Å². The number of benzene rings is 2. The molecule has 4 N–H and O–H groups in total. The number of para-hydroxylation sites is 2. The number of primary amides is 1. The van der Waals surface area contributed by atoms with Gasteiger partial charge >= 0.3 is 5.97 Å². The second kappa shape index (κ2) is 11.6. The van der Waals surface area contributed by atoms with Gasteiger partial charge in [-0.1, -0.05) is 54.4 Å². The molecule has 3 rings (SSSR count). The lowest BCUT2D eigenvalue weighted by Crippen LogP contribution is -2.44. The smallest absolute Gasteiger partial charge is 0.307 e. The van der Waals surface area contributed by atoms with Crippen LogP contribution in [0.3, 0.4) is 0 Å². The lowest BCUT2D eigenvalue weighted by atomic mass is 10.1. The molecule has 0 spiro atoms. The SMILES string of the molecule is CC[C@@H](C(N)=O)N1CCCC1=O.O=C(O)Cc1ccccc1Nc1c(Cl)cccc1Cl. The highest BCUT2D eigenvalue weighted by Crippen LogP contribution is 2.33. The highest BCUT2D eigenvalue weighted by Gasteiger charge is 2.29. The number of carbonyl (C=O) groups is 3. The van der Waals surface area contributed by atoms with Gasteiger partial charge in [0, 0.05) is 18.7 Å². The maximum absolute atomic E-state index is 11.2. The van der Waals surface area contributed by atoms with Crippen LogP contribution in [0.5, 0.6) is 0 Å². The van der Waals surface area contributed by atoms with Crippen LogP contribution in [0.15, 0.2) is 42.5 Å². The van der Waals surface area contributed by atoms with Crippen molar-refractivity contribution in [2.45, 2.75) is 38.6 Å². The van der Waals surface area contributed by atoms with Crippen LogP contribution in [0, 0.1) is 0 Å². The van der Waals surface area contributed by atoms with E-state index in [1.54, 1.807) is 41.3 Å². The first-order valence-electron chi connectivity index (χ1n) is 9.84. The summed E-state index contributed by atoms with van der Waals surface area (Å²) in [5.74, 6) is -1.23. The topological polar surface area (TPSA) is 113 Å². The van der Waals surface area contributed by atoms with Crippen molar-refractivity contribution in [2.75, 3.05) is 11.9 Å². The monoisotopic (exact) mass is 465 g/mol. The zero-order chi connectivity index (χ0) is 23.0. The normalized spacial score (nSPS) is 13.9. The van der Waals surface area contributed by atoms with Crippen molar-refractivity contribution in [3.8, 4) is 0 Å². The highest BCUT2D eigenvalue weighted by atomic mass is 35.5. The maximum atomic E-state index is 11.2. The number of nitrogens with zero attached hydrogens (tertiary/aromatic N) is 1. The largest absolute Gasteiger partial charge is 0.481 e. The summed E-state index contributed by atoms with van der Waals surface area (Å²) in [6, 6.07) is 11.9. The van der Waals surface area contributed by atoms with Crippen LogP contribution in [-0.4, -0.2) is 40.4 Å². The molecule has 0 bridgehead atoms. The molecule has 0 radical (unpaired) electrons. The molecule has 2 amide bonds. The molecule has 0 saturated carbocycles. The number of carboxylic acids is 1. The Labute approximate surface area is 191 Å². The number of rotatable bonds is 7. The molecule has 1 atom stereocenters. The van der Waals surface area contributed by atoms with Crippen LogP contribution in [0.1, 0.15) is 31.7 Å². The Morgan fingerprint density at radius 1 is 1.16 bits per heavy atom. The number of aliphatic carboxylic acids is 1. The summed E-state index contributed by atoms with van der Waals surface area (Å²) in [6.45, 7) is 2.54. The summed E-state index contributed by atoms with van der Waals surface area (Å²) in [4.78, 5) is 34.5. The first kappa shape index (κ1) is 24.5. The molecular weight excluding hydrogens is 441 g/mol. The number of likely N-dealkylation sites (tertiary alicyclic amines) is 1. The zero-order valence-corrected chi connectivity index (χ0v) is 18.6. The number of nitrogens with two attached hydrogens (primary N) is 1. The molecule has 1 saturated heterocycles. The summed E-state index contributed by atoms with van der Waals surface area (Å²) in [6.07, 6.45) is 1.96. The Hall–Kier alpha value is -2.77. The molecule has 2 aromatic rings. The molecule has 9 heteroatoms. The van der Waals surface area contributed by atoms with E-state index in [1.165, 1.54) is 0 Å². The van der Waals surface area contributed by atoms with Gasteiger partial charge in [-0.25, -0.2) is 0 Å². The first-order valence-corrected chi connectivity index (χ1v) is 10.6. The van der Waals surface area contributed by atoms with Crippen molar-refractivity contribution in [3.63, 3.8) is 0 Å². The van der Waals surface area contributed by atoms with Crippen molar-refractivity contribution in [1.29, 1.82) is 0 Å². The average molecular weight is 466 g/mol. The average Bonchev–Trinajstić information content (AvgIpc) is 3.12. The van der Waals surface area contributed by atoms with E-state index in [-0.39, 0.29) is 18.4 Å². The van der Waals surface area contributed by atoms with Gasteiger partial charge in [-0.3, -0.25) is 14.4 Å². The Bertz CT molecular complexity index is 932. The van der Waals surface area contributed by atoms with Gasteiger partial charge in [-0.2, -0.15) is 0 Å². The number of amides is 2. The summed E-state index contributed by atoms with van der Waals surface area (Å²) in [7, 11) is 0. The number of hydrogen-bond acceptors (Lipinski definition) is 4. The molecule has 166 valence electrons. The fourth-order valence-electron chi connectivity index (χ4n) is 3.28. The quantitative estimate of drug-likeness (QED) is 0.565. The van der Waals surface area contributed by atoms with Crippen LogP contribution >= 0.6 is 23.2 Å². The number of anilines is 2. The number of carboxylic acid groups (broad SMARTS) is 1.